The van der Waals surface area contributed by atoms with Crippen molar-refractivity contribution in [3.8, 4) is 34.3 Å². The van der Waals surface area contributed by atoms with Crippen LogP contribution in [0.5, 0.6) is 23.0 Å². The number of phenolic OH excluding ortho intramolecular Hbond substituents is 3. The fraction of sp³-hybridized carbons (Fsp3) is 0.400. The molecule has 166 valence electrons. The van der Waals surface area contributed by atoms with Crippen LogP contribution in [0.25, 0.3) is 22.3 Å². The molecule has 3 rings (SSSR count). The van der Waals surface area contributed by atoms with Crippen LogP contribution in [0.2, 0.25) is 0 Å². The maximum absolute atomic E-state index is 13.0. The molecule has 0 spiro atoms. The van der Waals surface area contributed by atoms with Crippen LogP contribution in [0, 0.1) is 11.8 Å². The van der Waals surface area contributed by atoms with Crippen molar-refractivity contribution >= 4 is 11.0 Å². The molecule has 0 aliphatic heterocycles. The van der Waals surface area contributed by atoms with Crippen LogP contribution < -0.4 is 5.43 Å². The Hall–Kier alpha value is -3.15. The van der Waals surface area contributed by atoms with Crippen molar-refractivity contribution in [2.45, 2.75) is 52.9 Å². The Balaban J connectivity index is 1.92. The largest absolute Gasteiger partial charge is 0.504 e. The maximum atomic E-state index is 13.0. The normalized spacial score (nSPS) is 12.5. The molecule has 0 radical (unpaired) electrons. The Labute approximate surface area is 181 Å². The molecule has 1 aromatic heterocycles. The molecule has 6 heteroatoms. The third-order valence-corrected chi connectivity index (χ3v) is 5.70. The number of hydrogen-bond donors (Lipinski definition) is 4. The van der Waals surface area contributed by atoms with Gasteiger partial charge in [0.15, 0.2) is 23.0 Å². The van der Waals surface area contributed by atoms with Crippen molar-refractivity contribution in [1.82, 2.24) is 0 Å². The zero-order chi connectivity index (χ0) is 22.7. The van der Waals surface area contributed by atoms with E-state index < -0.39 is 28.4 Å². The summed E-state index contributed by atoms with van der Waals surface area (Å²) in [4.78, 5) is 13.0. The lowest BCUT2D eigenvalue weighted by molar-refractivity contribution is 0.368. The second-order valence-corrected chi connectivity index (χ2v) is 8.73. The molecule has 0 saturated heterocycles. The van der Waals surface area contributed by atoms with Gasteiger partial charge in [0, 0.05) is 5.56 Å². The average Bonchev–Trinajstić information content (AvgIpc) is 2.72. The zero-order valence-electron chi connectivity index (χ0n) is 18.2. The van der Waals surface area contributed by atoms with E-state index in [0.717, 1.165) is 30.5 Å². The van der Waals surface area contributed by atoms with Crippen LogP contribution >= 0.6 is 0 Å². The molecule has 4 N–H and O–H groups in total. The molecular formula is C25H30O6. The third kappa shape index (κ3) is 4.95. The summed E-state index contributed by atoms with van der Waals surface area (Å²) >= 11 is 0. The first kappa shape index (κ1) is 22.5. The fourth-order valence-electron chi connectivity index (χ4n) is 3.86. The van der Waals surface area contributed by atoms with E-state index in [2.05, 4.69) is 20.8 Å². The highest BCUT2D eigenvalue weighted by Gasteiger charge is 2.20. The molecule has 6 nitrogen and oxygen atoms in total. The van der Waals surface area contributed by atoms with E-state index in [4.69, 9.17) is 4.42 Å². The molecule has 1 unspecified atom stereocenters. The first-order valence-electron chi connectivity index (χ1n) is 10.7. The monoisotopic (exact) mass is 426 g/mol. The fourth-order valence-corrected chi connectivity index (χ4v) is 3.86. The van der Waals surface area contributed by atoms with Gasteiger partial charge in [0.05, 0.1) is 5.39 Å². The Morgan fingerprint density at radius 2 is 1.58 bits per heavy atom. The van der Waals surface area contributed by atoms with Crippen molar-refractivity contribution in [3.05, 3.63) is 46.1 Å². The number of aromatic hydroxyl groups is 4. The van der Waals surface area contributed by atoms with E-state index in [9.17, 15) is 25.2 Å². The SMILES string of the molecule is CC(C)CCCC(C)CCc1cccc2oc(-c3cc(O)c(O)c(O)c3)c(O)c(=O)c12. The van der Waals surface area contributed by atoms with Crippen molar-refractivity contribution in [2.75, 3.05) is 0 Å². The smallest absolute Gasteiger partial charge is 0.235 e. The molecular weight excluding hydrogens is 396 g/mol. The topological polar surface area (TPSA) is 111 Å². The van der Waals surface area contributed by atoms with Gasteiger partial charge in [-0.1, -0.05) is 52.2 Å². The van der Waals surface area contributed by atoms with Gasteiger partial charge in [-0.05, 0) is 48.4 Å². The van der Waals surface area contributed by atoms with Gasteiger partial charge < -0.3 is 24.8 Å². The molecule has 0 aliphatic carbocycles. The van der Waals surface area contributed by atoms with E-state index in [-0.39, 0.29) is 11.3 Å². The van der Waals surface area contributed by atoms with Crippen molar-refractivity contribution in [1.29, 1.82) is 0 Å². The number of benzene rings is 2. The maximum Gasteiger partial charge on any atom is 0.235 e. The van der Waals surface area contributed by atoms with Gasteiger partial charge in [-0.25, -0.2) is 0 Å². The van der Waals surface area contributed by atoms with Gasteiger partial charge in [-0.15, -0.1) is 0 Å². The minimum atomic E-state index is -0.684. The van der Waals surface area contributed by atoms with E-state index in [1.165, 1.54) is 12.8 Å². The van der Waals surface area contributed by atoms with Crippen LogP contribution in [-0.4, -0.2) is 20.4 Å². The van der Waals surface area contributed by atoms with Gasteiger partial charge in [-0.3, -0.25) is 4.79 Å². The summed E-state index contributed by atoms with van der Waals surface area (Å²) in [6, 6.07) is 7.55. The van der Waals surface area contributed by atoms with Gasteiger partial charge in [-0.2, -0.15) is 0 Å². The molecule has 31 heavy (non-hydrogen) atoms. The van der Waals surface area contributed by atoms with Crippen LogP contribution in [0.4, 0.5) is 0 Å². The molecule has 1 heterocycles. The summed E-state index contributed by atoms with van der Waals surface area (Å²) < 4.78 is 5.79. The molecule has 1 atom stereocenters. The predicted molar refractivity (Wildman–Crippen MR) is 121 cm³/mol. The van der Waals surface area contributed by atoms with Crippen molar-refractivity contribution in [2.24, 2.45) is 11.8 Å². The Morgan fingerprint density at radius 3 is 2.23 bits per heavy atom. The summed E-state index contributed by atoms with van der Waals surface area (Å²) in [6.45, 7) is 6.66. The molecule has 0 bridgehead atoms. The molecule has 0 aliphatic rings. The zero-order valence-corrected chi connectivity index (χ0v) is 18.2. The highest BCUT2D eigenvalue weighted by atomic mass is 16.4. The molecule has 0 amide bonds. The predicted octanol–water partition coefficient (Wildman–Crippen LogP) is 5.68. The number of aryl methyl sites for hydroxylation is 1. The summed E-state index contributed by atoms with van der Waals surface area (Å²) in [5.41, 5.74) is 0.648. The lowest BCUT2D eigenvalue weighted by Crippen LogP contribution is -2.07. The summed E-state index contributed by atoms with van der Waals surface area (Å²) in [5.74, 6) is -1.41. The quantitative estimate of drug-likeness (QED) is 0.345. The number of hydrogen-bond acceptors (Lipinski definition) is 6. The second-order valence-electron chi connectivity index (χ2n) is 8.73. The molecule has 0 fully saturated rings. The Morgan fingerprint density at radius 1 is 0.903 bits per heavy atom. The van der Waals surface area contributed by atoms with Crippen molar-refractivity contribution < 1.29 is 24.8 Å². The minimum absolute atomic E-state index is 0.0773. The minimum Gasteiger partial charge on any atom is -0.504 e. The standard InChI is InChI=1S/C25H30O6/c1-14(2)6-4-7-15(3)10-11-16-8-5-9-20-21(16)23(29)24(30)25(31-20)17-12-18(26)22(28)19(27)13-17/h5,8-9,12-15,26-28,30H,4,6-7,10-11H2,1-3H3. The van der Waals surface area contributed by atoms with E-state index in [1.54, 1.807) is 12.1 Å². The van der Waals surface area contributed by atoms with Crippen LogP contribution in [-0.2, 0) is 6.42 Å². The van der Waals surface area contributed by atoms with E-state index in [0.29, 0.717) is 29.2 Å². The first-order valence-corrected chi connectivity index (χ1v) is 10.7. The molecule has 0 saturated carbocycles. The average molecular weight is 427 g/mol. The highest BCUT2D eigenvalue weighted by Crippen LogP contribution is 2.41. The van der Waals surface area contributed by atoms with Crippen molar-refractivity contribution in [3.63, 3.8) is 0 Å². The Bertz CT molecular complexity index is 1110. The first-order chi connectivity index (χ1) is 14.7. The summed E-state index contributed by atoms with van der Waals surface area (Å²) in [5, 5.41) is 39.9. The van der Waals surface area contributed by atoms with Crippen LogP contribution in [0.3, 0.4) is 0 Å². The van der Waals surface area contributed by atoms with Crippen LogP contribution in [0.1, 0.15) is 52.0 Å². The van der Waals surface area contributed by atoms with Gasteiger partial charge >= 0.3 is 0 Å². The van der Waals surface area contributed by atoms with Gasteiger partial charge in [0.25, 0.3) is 0 Å². The number of rotatable bonds is 8. The van der Waals surface area contributed by atoms with E-state index >= 15 is 0 Å². The molecule has 2 aromatic carbocycles. The summed E-state index contributed by atoms with van der Waals surface area (Å²) in [6.07, 6.45) is 5.17. The van der Waals surface area contributed by atoms with Gasteiger partial charge in [0.1, 0.15) is 5.58 Å². The molecule has 3 aromatic rings. The second kappa shape index (κ2) is 9.33. The van der Waals surface area contributed by atoms with E-state index in [1.807, 2.05) is 6.07 Å². The highest BCUT2D eigenvalue weighted by molar-refractivity contribution is 5.85. The van der Waals surface area contributed by atoms with Crippen LogP contribution in [0.15, 0.2) is 39.5 Å². The number of phenols is 3. The lowest BCUT2D eigenvalue weighted by atomic mass is 9.93. The number of fused-ring (bicyclic) bond motifs is 1. The lowest BCUT2D eigenvalue weighted by Gasteiger charge is -2.14. The Kier molecular flexibility index (Phi) is 6.78. The van der Waals surface area contributed by atoms with Gasteiger partial charge in [0.2, 0.25) is 11.2 Å². The summed E-state index contributed by atoms with van der Waals surface area (Å²) in [7, 11) is 0. The third-order valence-electron chi connectivity index (χ3n) is 5.70.